The zero-order chi connectivity index (χ0) is 10.3. The number of nitrogens with two attached hydrogens (primary N) is 1. The molecule has 0 saturated carbocycles. The molecule has 0 bridgehead atoms. The minimum Gasteiger partial charge on any atom is -0.486 e. The van der Waals surface area contributed by atoms with Crippen molar-refractivity contribution in [1.29, 1.82) is 0 Å². The molecule has 0 unspecified atom stereocenters. The van der Waals surface area contributed by atoms with Gasteiger partial charge in [-0.1, -0.05) is 0 Å². The van der Waals surface area contributed by atoms with Crippen molar-refractivity contribution in [3.05, 3.63) is 36.3 Å². The molecule has 0 saturated heterocycles. The van der Waals surface area contributed by atoms with E-state index in [1.54, 1.807) is 18.6 Å². The second-order valence-corrected chi connectivity index (χ2v) is 3.44. The molecule has 0 fully saturated rings. The smallest absolute Gasteiger partial charge is 0.147 e. The molecule has 0 spiro atoms. The van der Waals surface area contributed by atoms with Crippen LogP contribution in [0.25, 0.3) is 11.3 Å². The molecule has 0 amide bonds. The van der Waals surface area contributed by atoms with Crippen LogP contribution in [-0.4, -0.2) is 9.97 Å². The van der Waals surface area contributed by atoms with E-state index in [1.165, 1.54) is 0 Å². The number of aromatic nitrogens is 2. The minimum atomic E-state index is 0.506. The van der Waals surface area contributed by atoms with Crippen molar-refractivity contribution >= 4 is 5.69 Å². The molecule has 0 aromatic carbocycles. The molecule has 4 nitrogen and oxygen atoms in total. The molecular formula is C11H9N3O. The van der Waals surface area contributed by atoms with Crippen LogP contribution in [0.4, 0.5) is 5.69 Å². The van der Waals surface area contributed by atoms with Crippen LogP contribution in [0.2, 0.25) is 0 Å². The number of hydrogen-bond acceptors (Lipinski definition) is 4. The predicted octanol–water partition coefficient (Wildman–Crippen LogP) is 1.62. The Bertz CT molecular complexity index is 525. The number of nitrogens with zero attached hydrogens (tertiary/aromatic N) is 2. The second-order valence-electron chi connectivity index (χ2n) is 3.44. The highest BCUT2D eigenvalue weighted by Crippen LogP contribution is 2.35. The van der Waals surface area contributed by atoms with E-state index < -0.39 is 0 Å². The van der Waals surface area contributed by atoms with Crippen molar-refractivity contribution in [3.63, 3.8) is 0 Å². The van der Waals surface area contributed by atoms with E-state index in [2.05, 4.69) is 9.97 Å². The number of hydrogen-bond donors (Lipinski definition) is 1. The van der Waals surface area contributed by atoms with Gasteiger partial charge in [-0.2, -0.15) is 0 Å². The Balaban J connectivity index is 2.26. The van der Waals surface area contributed by atoms with Crippen LogP contribution in [0.3, 0.4) is 0 Å². The van der Waals surface area contributed by atoms with Gasteiger partial charge in [0.05, 0.1) is 23.8 Å². The van der Waals surface area contributed by atoms with E-state index >= 15 is 0 Å². The summed E-state index contributed by atoms with van der Waals surface area (Å²) in [6.07, 6.45) is 5.10. The molecule has 2 N–H and O–H groups in total. The third kappa shape index (κ3) is 1.22. The second kappa shape index (κ2) is 2.95. The van der Waals surface area contributed by atoms with Gasteiger partial charge in [-0.15, -0.1) is 0 Å². The molecule has 1 aliphatic heterocycles. The van der Waals surface area contributed by atoms with Crippen LogP contribution in [-0.2, 0) is 6.61 Å². The lowest BCUT2D eigenvalue weighted by Crippen LogP contribution is -2.07. The summed E-state index contributed by atoms with van der Waals surface area (Å²) in [5.41, 5.74) is 9.27. The van der Waals surface area contributed by atoms with Gasteiger partial charge >= 0.3 is 0 Å². The summed E-state index contributed by atoms with van der Waals surface area (Å²) in [6, 6.07) is 3.79. The Hall–Kier alpha value is -2.10. The monoisotopic (exact) mass is 199 g/mol. The van der Waals surface area contributed by atoms with Gasteiger partial charge in [0.2, 0.25) is 0 Å². The van der Waals surface area contributed by atoms with Crippen molar-refractivity contribution in [1.82, 2.24) is 9.97 Å². The number of fused-ring (bicyclic) bond motifs is 3. The van der Waals surface area contributed by atoms with Gasteiger partial charge < -0.3 is 10.5 Å². The standard InChI is InChI=1S/C11H9N3O/c12-8-3-7-6-15-10-5-13-2-1-9(10)11(7)14-4-8/h1-5H,6,12H2. The van der Waals surface area contributed by atoms with Gasteiger partial charge in [-0.05, 0) is 12.1 Å². The largest absolute Gasteiger partial charge is 0.486 e. The SMILES string of the molecule is Nc1cnc2c(c1)COc1cnccc1-2. The predicted molar refractivity (Wildman–Crippen MR) is 56.2 cm³/mol. The summed E-state index contributed by atoms with van der Waals surface area (Å²) >= 11 is 0. The first-order valence-electron chi connectivity index (χ1n) is 4.66. The number of rotatable bonds is 0. The highest BCUT2D eigenvalue weighted by atomic mass is 16.5. The molecule has 4 heteroatoms. The summed E-state index contributed by atoms with van der Waals surface area (Å²) in [6.45, 7) is 0.506. The Morgan fingerprint density at radius 1 is 1.33 bits per heavy atom. The zero-order valence-electron chi connectivity index (χ0n) is 7.97. The first kappa shape index (κ1) is 8.23. The van der Waals surface area contributed by atoms with Crippen LogP contribution >= 0.6 is 0 Å². The van der Waals surface area contributed by atoms with Gasteiger partial charge in [0.1, 0.15) is 12.4 Å². The van der Waals surface area contributed by atoms with Crippen molar-refractivity contribution in [3.8, 4) is 17.0 Å². The lowest BCUT2D eigenvalue weighted by molar-refractivity contribution is 0.300. The first-order chi connectivity index (χ1) is 7.34. The molecular weight excluding hydrogens is 190 g/mol. The van der Waals surface area contributed by atoms with E-state index in [9.17, 15) is 0 Å². The van der Waals surface area contributed by atoms with Crippen molar-refractivity contribution in [2.75, 3.05) is 5.73 Å². The van der Waals surface area contributed by atoms with E-state index in [1.807, 2.05) is 12.1 Å². The van der Waals surface area contributed by atoms with Gasteiger partial charge in [-0.25, -0.2) is 0 Å². The van der Waals surface area contributed by atoms with Gasteiger partial charge in [0.15, 0.2) is 0 Å². The van der Waals surface area contributed by atoms with E-state index in [-0.39, 0.29) is 0 Å². The maximum atomic E-state index is 5.67. The van der Waals surface area contributed by atoms with Gasteiger partial charge in [0, 0.05) is 17.3 Å². The molecule has 0 aliphatic carbocycles. The van der Waals surface area contributed by atoms with Crippen LogP contribution < -0.4 is 10.5 Å². The third-order valence-corrected chi connectivity index (χ3v) is 2.41. The van der Waals surface area contributed by atoms with Crippen molar-refractivity contribution < 1.29 is 4.74 Å². The van der Waals surface area contributed by atoms with Crippen molar-refractivity contribution in [2.45, 2.75) is 6.61 Å². The lowest BCUT2D eigenvalue weighted by Gasteiger charge is -2.19. The Morgan fingerprint density at radius 2 is 2.27 bits per heavy atom. The van der Waals surface area contributed by atoms with Crippen molar-refractivity contribution in [2.24, 2.45) is 0 Å². The summed E-state index contributed by atoms with van der Waals surface area (Å²) in [4.78, 5) is 8.34. The van der Waals surface area contributed by atoms with E-state index in [4.69, 9.17) is 10.5 Å². The van der Waals surface area contributed by atoms with Crippen LogP contribution in [0, 0.1) is 0 Å². The molecule has 3 rings (SSSR count). The molecule has 1 aliphatic rings. The van der Waals surface area contributed by atoms with E-state index in [0.717, 1.165) is 22.6 Å². The minimum absolute atomic E-state index is 0.506. The van der Waals surface area contributed by atoms with Crippen LogP contribution in [0.5, 0.6) is 5.75 Å². The first-order valence-corrected chi connectivity index (χ1v) is 4.66. The number of anilines is 1. The maximum Gasteiger partial charge on any atom is 0.147 e. The van der Waals surface area contributed by atoms with Gasteiger partial charge in [0.25, 0.3) is 0 Å². The summed E-state index contributed by atoms with van der Waals surface area (Å²) in [5.74, 6) is 0.780. The molecule has 2 aromatic rings. The Kier molecular flexibility index (Phi) is 1.62. The fourth-order valence-corrected chi connectivity index (χ4v) is 1.73. The maximum absolute atomic E-state index is 5.67. The highest BCUT2D eigenvalue weighted by Gasteiger charge is 2.18. The average Bonchev–Trinajstić information content (AvgIpc) is 2.28. The number of nitrogen functional groups attached to an aromatic ring is 1. The molecule has 2 aromatic heterocycles. The molecule has 15 heavy (non-hydrogen) atoms. The topological polar surface area (TPSA) is 61.0 Å². The summed E-state index contributed by atoms with van der Waals surface area (Å²) in [5, 5.41) is 0. The lowest BCUT2D eigenvalue weighted by atomic mass is 10.0. The fourth-order valence-electron chi connectivity index (χ4n) is 1.73. The molecule has 3 heterocycles. The normalized spacial score (nSPS) is 12.5. The average molecular weight is 199 g/mol. The number of ether oxygens (including phenoxy) is 1. The number of pyridine rings is 2. The molecule has 0 radical (unpaired) electrons. The Morgan fingerprint density at radius 3 is 3.20 bits per heavy atom. The Labute approximate surface area is 86.7 Å². The third-order valence-electron chi connectivity index (χ3n) is 2.41. The summed E-state index contributed by atoms with van der Waals surface area (Å²) < 4.78 is 5.55. The van der Waals surface area contributed by atoms with Crippen LogP contribution in [0.15, 0.2) is 30.7 Å². The zero-order valence-corrected chi connectivity index (χ0v) is 7.97. The highest BCUT2D eigenvalue weighted by molar-refractivity contribution is 5.72. The van der Waals surface area contributed by atoms with Gasteiger partial charge in [-0.3, -0.25) is 9.97 Å². The van der Waals surface area contributed by atoms with E-state index in [0.29, 0.717) is 12.3 Å². The fraction of sp³-hybridized carbons (Fsp3) is 0.0909. The molecule has 74 valence electrons. The summed E-state index contributed by atoms with van der Waals surface area (Å²) in [7, 11) is 0. The van der Waals surface area contributed by atoms with Crippen LogP contribution in [0.1, 0.15) is 5.56 Å². The molecule has 0 atom stereocenters. The quantitative estimate of drug-likeness (QED) is 0.700.